The Hall–Kier alpha value is 0.450. The van der Waals surface area contributed by atoms with Crippen molar-refractivity contribution in [1.29, 1.82) is 0 Å². The van der Waals surface area contributed by atoms with Crippen LogP contribution < -0.4 is 15.1 Å². The van der Waals surface area contributed by atoms with Gasteiger partial charge >= 0.3 is 104 Å². The Balaban J connectivity index is 0.00000144. The van der Waals surface area contributed by atoms with Gasteiger partial charge in [0.25, 0.3) is 0 Å². The maximum atomic E-state index is 10.9. The average Bonchev–Trinajstić information content (AvgIpc) is 1.82. The summed E-state index contributed by atoms with van der Waals surface area (Å²) in [7, 11) is -5.90. The van der Waals surface area contributed by atoms with E-state index in [4.69, 9.17) is 4.89 Å². The summed E-state index contributed by atoms with van der Waals surface area (Å²) < 4.78 is 0. The third-order valence-electron chi connectivity index (χ3n) is 1.37. The van der Waals surface area contributed by atoms with Gasteiger partial charge < -0.3 is 0 Å². The van der Waals surface area contributed by atoms with Gasteiger partial charge in [-0.05, 0) is 0 Å². The summed E-state index contributed by atoms with van der Waals surface area (Å²) in [6.45, 7) is 1.18. The summed E-state index contributed by atoms with van der Waals surface area (Å²) in [4.78, 5) is 51.8. The SMILES string of the molecule is CC1=CP([O-])([O-])(O)C(=O)NC1=O.[Ca+2]. The zero-order chi connectivity index (χ0) is 9.59. The van der Waals surface area contributed by atoms with E-state index in [1.807, 2.05) is 0 Å². The Morgan fingerprint density at radius 2 is 1.92 bits per heavy atom. The van der Waals surface area contributed by atoms with E-state index in [0.29, 0.717) is 0 Å². The van der Waals surface area contributed by atoms with Crippen molar-refractivity contribution in [3.63, 3.8) is 0 Å². The van der Waals surface area contributed by atoms with Gasteiger partial charge in [0.05, 0.1) is 0 Å². The average molecular weight is 231 g/mol. The summed E-state index contributed by atoms with van der Waals surface area (Å²) in [6.07, 6.45) is 0. The predicted octanol–water partition coefficient (Wildman–Crippen LogP) is -2.23. The van der Waals surface area contributed by atoms with Crippen molar-refractivity contribution in [1.82, 2.24) is 5.32 Å². The van der Waals surface area contributed by atoms with Gasteiger partial charge in [0.1, 0.15) is 0 Å². The van der Waals surface area contributed by atoms with Crippen LogP contribution in [0.5, 0.6) is 0 Å². The second-order valence-corrected chi connectivity index (χ2v) is 5.16. The van der Waals surface area contributed by atoms with E-state index in [1.54, 1.807) is 0 Å². The number of rotatable bonds is 0. The second-order valence-electron chi connectivity index (χ2n) is 2.55. The van der Waals surface area contributed by atoms with Crippen LogP contribution >= 0.6 is 7.28 Å². The van der Waals surface area contributed by atoms with Crippen LogP contribution in [0.4, 0.5) is 4.79 Å². The number of hydrogen-bond donors (Lipinski definition) is 2. The standard InChI is InChI=1S/C5H6NO5P.Ca/c1-3-2-12(9,10,11)5(8)6-4(3)7;/h2,9H,1H3,(H,6,7,8);/q-2;+2. The molecule has 13 heavy (non-hydrogen) atoms. The van der Waals surface area contributed by atoms with Crippen LogP contribution in [0.3, 0.4) is 0 Å². The van der Waals surface area contributed by atoms with Crippen LogP contribution in [0.1, 0.15) is 6.92 Å². The summed E-state index contributed by atoms with van der Waals surface area (Å²) in [5, 5.41) is 1.50. The van der Waals surface area contributed by atoms with E-state index in [1.165, 1.54) is 12.2 Å². The van der Waals surface area contributed by atoms with Crippen LogP contribution in [-0.2, 0) is 4.79 Å². The quantitative estimate of drug-likeness (QED) is 0.362. The number of amides is 2. The Kier molecular flexibility index (Phi) is 3.67. The first-order chi connectivity index (χ1) is 5.21. The molecule has 0 atom stereocenters. The molecule has 0 aromatic rings. The normalized spacial score (nSPS) is 27.4. The number of carbonyl (C=O) groups excluding carboxylic acids is 2. The van der Waals surface area contributed by atoms with Crippen molar-refractivity contribution >= 4 is 56.6 Å². The zero-order valence-electron chi connectivity index (χ0n) is 6.81. The molecule has 0 fully saturated rings. The van der Waals surface area contributed by atoms with Crippen LogP contribution in [-0.4, -0.2) is 54.2 Å². The first-order valence-electron chi connectivity index (χ1n) is 2.99. The number of carbonyl (C=O) groups is 2. The fourth-order valence-corrected chi connectivity index (χ4v) is 1.98. The van der Waals surface area contributed by atoms with E-state index in [9.17, 15) is 19.4 Å². The number of imide groups is 1. The fraction of sp³-hybridized carbons (Fsp3) is 0.200. The van der Waals surface area contributed by atoms with E-state index >= 15 is 0 Å². The molecule has 0 unspecified atom stereocenters. The monoisotopic (exact) mass is 231 g/mol. The zero-order valence-corrected chi connectivity index (χ0v) is 9.91. The smallest absolute Gasteiger partial charge is 2.00 e. The maximum Gasteiger partial charge on any atom is 2.00 e. The summed E-state index contributed by atoms with van der Waals surface area (Å²) in [5.74, 6) is -0.534. The molecule has 68 valence electrons. The maximum absolute atomic E-state index is 10.9. The van der Waals surface area contributed by atoms with Crippen LogP contribution in [0.2, 0.25) is 0 Å². The Morgan fingerprint density at radius 3 is 2.31 bits per heavy atom. The van der Waals surface area contributed by atoms with E-state index in [0.717, 1.165) is 0 Å². The topological polar surface area (TPSA) is 113 Å². The molecule has 1 heterocycles. The van der Waals surface area contributed by atoms with Crippen molar-refractivity contribution in [2.24, 2.45) is 0 Å². The van der Waals surface area contributed by atoms with Crippen LogP contribution in [0, 0.1) is 0 Å². The van der Waals surface area contributed by atoms with Gasteiger partial charge in [-0.25, -0.2) is 0 Å². The molecule has 0 bridgehead atoms. The fourth-order valence-electron chi connectivity index (χ4n) is 0.757. The Morgan fingerprint density at radius 1 is 1.46 bits per heavy atom. The molecule has 0 aliphatic carbocycles. The molecule has 1 aliphatic heterocycles. The molecule has 0 saturated heterocycles. The third-order valence-corrected chi connectivity index (χ3v) is 3.08. The molecule has 0 radical (unpaired) electrons. The molecule has 2 N–H and O–H groups in total. The molecule has 0 aromatic heterocycles. The first kappa shape index (κ1) is 13.4. The van der Waals surface area contributed by atoms with Gasteiger partial charge in [0.15, 0.2) is 0 Å². The van der Waals surface area contributed by atoms with Crippen molar-refractivity contribution in [3.8, 4) is 0 Å². The number of hydrogen-bond acceptors (Lipinski definition) is 5. The molecule has 1 aliphatic rings. The second kappa shape index (κ2) is 3.55. The summed E-state index contributed by atoms with van der Waals surface area (Å²) in [6, 6.07) is 0. The molecule has 6 nitrogen and oxygen atoms in total. The van der Waals surface area contributed by atoms with Gasteiger partial charge in [-0.1, -0.05) is 0 Å². The minimum absolute atomic E-state index is 0. The largest absolute Gasteiger partial charge is 2.00 e. The van der Waals surface area contributed by atoms with Crippen LogP contribution in [0.15, 0.2) is 11.4 Å². The molecule has 1 rings (SSSR count). The summed E-state index contributed by atoms with van der Waals surface area (Å²) >= 11 is 0. The van der Waals surface area contributed by atoms with Gasteiger partial charge in [-0.15, -0.1) is 0 Å². The molecule has 8 heteroatoms. The molecule has 0 saturated carbocycles. The van der Waals surface area contributed by atoms with Crippen molar-refractivity contribution < 1.29 is 24.3 Å². The number of nitrogens with one attached hydrogen (secondary N) is 1. The van der Waals surface area contributed by atoms with Gasteiger partial charge in [0, 0.05) is 0 Å². The Labute approximate surface area is 104 Å². The minimum Gasteiger partial charge on any atom is 2.00 e. The molecular weight excluding hydrogens is 225 g/mol. The predicted molar refractivity (Wildman–Crippen MR) is 42.2 cm³/mol. The van der Waals surface area contributed by atoms with Crippen molar-refractivity contribution in [2.75, 3.05) is 0 Å². The van der Waals surface area contributed by atoms with Crippen molar-refractivity contribution in [3.05, 3.63) is 11.4 Å². The minimum atomic E-state index is -5.90. The van der Waals surface area contributed by atoms with E-state index in [-0.39, 0.29) is 49.1 Å². The van der Waals surface area contributed by atoms with E-state index in [2.05, 4.69) is 0 Å². The molecule has 0 aromatic carbocycles. The third kappa shape index (κ3) is 2.70. The van der Waals surface area contributed by atoms with E-state index < -0.39 is 18.8 Å². The molecular formula is C5H6CaNO5P. The summed E-state index contributed by atoms with van der Waals surface area (Å²) in [5.41, 5.74) is -1.89. The molecule has 0 spiro atoms. The van der Waals surface area contributed by atoms with Gasteiger partial charge in [-0.3, -0.25) is 0 Å². The first-order valence-corrected chi connectivity index (χ1v) is 5.09. The Bertz CT molecular complexity index is 304. The van der Waals surface area contributed by atoms with Crippen molar-refractivity contribution in [2.45, 2.75) is 6.92 Å². The molecule has 2 amide bonds. The van der Waals surface area contributed by atoms with Crippen LogP contribution in [0.25, 0.3) is 0 Å². The van der Waals surface area contributed by atoms with Gasteiger partial charge in [-0.2, -0.15) is 0 Å². The van der Waals surface area contributed by atoms with Gasteiger partial charge in [0.2, 0.25) is 0 Å².